The van der Waals surface area contributed by atoms with E-state index in [0.29, 0.717) is 0 Å². The molecule has 0 saturated heterocycles. The fourth-order valence-corrected chi connectivity index (χ4v) is 11.0. The van der Waals surface area contributed by atoms with Gasteiger partial charge in [-0.3, -0.25) is 0 Å². The van der Waals surface area contributed by atoms with Crippen LogP contribution in [0.3, 0.4) is 0 Å². The van der Waals surface area contributed by atoms with Gasteiger partial charge in [0, 0.05) is 27.8 Å². The molecule has 0 N–H and O–H groups in total. The molecule has 0 radical (unpaired) electrons. The monoisotopic (exact) mass is 879 g/mol. The van der Waals surface area contributed by atoms with Gasteiger partial charge in [-0.15, -0.1) is 0 Å². The Bertz CT molecular complexity index is 3780. The number of fused-ring (bicyclic) bond motifs is 6. The first-order valence-electron chi connectivity index (χ1n) is 23.7. The molecule has 2 nitrogen and oxygen atoms in total. The van der Waals surface area contributed by atoms with Gasteiger partial charge in [-0.25, -0.2) is 0 Å². The highest BCUT2D eigenvalue weighted by molar-refractivity contribution is 6.06. The minimum atomic E-state index is -0.479. The number of furan rings is 1. The van der Waals surface area contributed by atoms with E-state index in [4.69, 9.17) is 4.42 Å². The lowest BCUT2D eigenvalue weighted by Crippen LogP contribution is -2.28. The fraction of sp³-hybridized carbons (Fsp3) is 0.0149. The number of nitrogens with zero attached hydrogens (tertiary/aromatic N) is 1. The van der Waals surface area contributed by atoms with Gasteiger partial charge in [0.15, 0.2) is 0 Å². The molecule has 12 aromatic rings. The van der Waals surface area contributed by atoms with Crippen LogP contribution in [0.25, 0.3) is 77.6 Å². The smallest absolute Gasteiger partial charge is 0.136 e. The van der Waals surface area contributed by atoms with Crippen LogP contribution in [0.2, 0.25) is 0 Å². The maximum Gasteiger partial charge on any atom is 0.136 e. The van der Waals surface area contributed by atoms with E-state index in [-0.39, 0.29) is 0 Å². The van der Waals surface area contributed by atoms with E-state index in [1.165, 1.54) is 61.2 Å². The molecule has 0 fully saturated rings. The van der Waals surface area contributed by atoms with Gasteiger partial charge < -0.3 is 9.32 Å². The van der Waals surface area contributed by atoms with E-state index >= 15 is 0 Å². The molecule has 324 valence electrons. The first-order chi connectivity index (χ1) is 34.2. The summed E-state index contributed by atoms with van der Waals surface area (Å²) in [6, 6.07) is 99.2. The number of anilines is 3. The minimum Gasteiger partial charge on any atom is -0.456 e. The van der Waals surface area contributed by atoms with Gasteiger partial charge in [-0.05, 0) is 139 Å². The second-order valence-corrected chi connectivity index (χ2v) is 18.0. The lowest BCUT2D eigenvalue weighted by Gasteiger charge is -2.34. The van der Waals surface area contributed by atoms with Crippen molar-refractivity contribution < 1.29 is 4.42 Å². The lowest BCUT2D eigenvalue weighted by molar-refractivity contribution is 0.669. The second-order valence-electron chi connectivity index (χ2n) is 18.0. The molecule has 1 heterocycles. The van der Waals surface area contributed by atoms with E-state index in [0.717, 1.165) is 55.7 Å². The molecule has 0 saturated carbocycles. The van der Waals surface area contributed by atoms with Crippen molar-refractivity contribution in [3.63, 3.8) is 0 Å². The van der Waals surface area contributed by atoms with Gasteiger partial charge in [0.25, 0.3) is 0 Å². The van der Waals surface area contributed by atoms with Crippen molar-refractivity contribution in [2.45, 2.75) is 5.41 Å². The van der Waals surface area contributed by atoms with Gasteiger partial charge in [0.2, 0.25) is 0 Å². The molecule has 0 atom stereocenters. The molecular formula is C67H45NO. The molecular weight excluding hydrogens is 835 g/mol. The van der Waals surface area contributed by atoms with Gasteiger partial charge >= 0.3 is 0 Å². The standard InChI is InChI=1S/C67H45NO/c1-4-17-46(18-5-1)49-19-14-20-50(43-49)47-33-38-55(39-34-47)68(56-40-35-48(36-41-56)51-37-42-60-59-27-11-13-32-64(59)69-65(60)45-51)57-26-15-21-52(44-57)58-29-16-31-63-66(58)61-28-10-12-30-62(61)67(63,53-22-6-2-7-23-53)54-24-8-3-9-25-54/h1-45H. The molecule has 13 rings (SSSR count). The Morgan fingerprint density at radius 1 is 0.275 bits per heavy atom. The van der Waals surface area contributed by atoms with Crippen LogP contribution in [0, 0.1) is 0 Å². The third-order valence-electron chi connectivity index (χ3n) is 14.2. The van der Waals surface area contributed by atoms with Crippen LogP contribution in [0.5, 0.6) is 0 Å². The molecule has 1 aliphatic rings. The highest BCUT2D eigenvalue weighted by Crippen LogP contribution is 2.58. The zero-order chi connectivity index (χ0) is 45.7. The number of rotatable bonds is 9. The van der Waals surface area contributed by atoms with Crippen molar-refractivity contribution >= 4 is 39.0 Å². The van der Waals surface area contributed by atoms with Crippen molar-refractivity contribution in [3.8, 4) is 55.6 Å². The Balaban J connectivity index is 0.938. The maximum absolute atomic E-state index is 6.31. The highest BCUT2D eigenvalue weighted by Gasteiger charge is 2.46. The number of para-hydroxylation sites is 1. The van der Waals surface area contributed by atoms with Crippen LogP contribution in [-0.4, -0.2) is 0 Å². The average Bonchev–Trinajstić information content (AvgIpc) is 3.96. The summed E-state index contributed by atoms with van der Waals surface area (Å²) in [6.45, 7) is 0. The van der Waals surface area contributed by atoms with Gasteiger partial charge in [0.1, 0.15) is 11.2 Å². The molecule has 0 bridgehead atoms. The van der Waals surface area contributed by atoms with Crippen molar-refractivity contribution in [1.82, 2.24) is 0 Å². The summed E-state index contributed by atoms with van der Waals surface area (Å²) in [4.78, 5) is 2.38. The average molecular weight is 880 g/mol. The first kappa shape index (κ1) is 40.3. The van der Waals surface area contributed by atoms with Crippen LogP contribution in [0.1, 0.15) is 22.3 Å². The Hall–Kier alpha value is -8.98. The predicted octanol–water partition coefficient (Wildman–Crippen LogP) is 18.1. The van der Waals surface area contributed by atoms with E-state index in [2.05, 4.69) is 266 Å². The van der Waals surface area contributed by atoms with Gasteiger partial charge in [-0.2, -0.15) is 0 Å². The molecule has 0 spiro atoms. The summed E-state index contributed by atoms with van der Waals surface area (Å²) in [5.74, 6) is 0. The summed E-state index contributed by atoms with van der Waals surface area (Å²) >= 11 is 0. The fourth-order valence-electron chi connectivity index (χ4n) is 11.0. The molecule has 1 aliphatic carbocycles. The van der Waals surface area contributed by atoms with Crippen LogP contribution >= 0.6 is 0 Å². The van der Waals surface area contributed by atoms with Gasteiger partial charge in [0.05, 0.1) is 5.41 Å². The summed E-state index contributed by atoms with van der Waals surface area (Å²) in [5.41, 5.74) is 21.6. The highest BCUT2D eigenvalue weighted by atomic mass is 16.3. The minimum absolute atomic E-state index is 0.479. The van der Waals surface area contributed by atoms with Crippen LogP contribution in [0.15, 0.2) is 277 Å². The summed E-state index contributed by atoms with van der Waals surface area (Å²) < 4.78 is 6.31. The normalized spacial score (nSPS) is 12.5. The summed E-state index contributed by atoms with van der Waals surface area (Å²) in [7, 11) is 0. The number of benzene rings is 11. The zero-order valence-corrected chi connectivity index (χ0v) is 37.8. The van der Waals surface area contributed by atoms with Crippen LogP contribution in [0.4, 0.5) is 17.1 Å². The van der Waals surface area contributed by atoms with E-state index in [1.54, 1.807) is 0 Å². The Morgan fingerprint density at radius 3 is 1.45 bits per heavy atom. The molecule has 0 aliphatic heterocycles. The Labute approximate surface area is 402 Å². The maximum atomic E-state index is 6.31. The quantitative estimate of drug-likeness (QED) is 0.144. The Kier molecular flexibility index (Phi) is 9.77. The predicted molar refractivity (Wildman–Crippen MR) is 287 cm³/mol. The van der Waals surface area contributed by atoms with Crippen molar-refractivity contribution in [2.24, 2.45) is 0 Å². The number of hydrogen-bond acceptors (Lipinski definition) is 2. The second kappa shape index (κ2) is 16.7. The lowest BCUT2D eigenvalue weighted by atomic mass is 9.67. The molecule has 11 aromatic carbocycles. The molecule has 2 heteroatoms. The van der Waals surface area contributed by atoms with Gasteiger partial charge in [-0.1, -0.05) is 212 Å². The van der Waals surface area contributed by atoms with E-state index in [9.17, 15) is 0 Å². The summed E-state index contributed by atoms with van der Waals surface area (Å²) in [6.07, 6.45) is 0. The topological polar surface area (TPSA) is 16.4 Å². The molecule has 0 unspecified atom stereocenters. The number of hydrogen-bond donors (Lipinski definition) is 0. The third-order valence-corrected chi connectivity index (χ3v) is 14.2. The summed E-state index contributed by atoms with van der Waals surface area (Å²) in [5, 5.41) is 2.27. The van der Waals surface area contributed by atoms with Crippen molar-refractivity contribution in [3.05, 3.63) is 295 Å². The first-order valence-corrected chi connectivity index (χ1v) is 23.7. The van der Waals surface area contributed by atoms with Crippen LogP contribution in [-0.2, 0) is 5.41 Å². The SMILES string of the molecule is c1ccc(-c2cccc(-c3ccc(N(c4ccc(-c5ccc6c(c5)oc5ccccc56)cc4)c4cccc(-c5cccc6c5-c5ccccc5C6(c5ccccc5)c5ccccc5)c4)cc3)c2)cc1. The molecule has 69 heavy (non-hydrogen) atoms. The van der Waals surface area contributed by atoms with Crippen molar-refractivity contribution in [1.29, 1.82) is 0 Å². The van der Waals surface area contributed by atoms with Crippen molar-refractivity contribution in [2.75, 3.05) is 4.90 Å². The zero-order valence-electron chi connectivity index (χ0n) is 37.8. The largest absolute Gasteiger partial charge is 0.456 e. The van der Waals surface area contributed by atoms with E-state index in [1.807, 2.05) is 12.1 Å². The Morgan fingerprint density at radius 2 is 0.754 bits per heavy atom. The molecule has 1 aromatic heterocycles. The third kappa shape index (κ3) is 6.80. The van der Waals surface area contributed by atoms with E-state index < -0.39 is 5.41 Å². The van der Waals surface area contributed by atoms with Crippen LogP contribution < -0.4 is 4.90 Å². The molecule has 0 amide bonds.